The topological polar surface area (TPSA) is 29.3 Å². The second kappa shape index (κ2) is 6.61. The fourth-order valence-corrected chi connectivity index (χ4v) is 2.15. The van der Waals surface area contributed by atoms with E-state index >= 15 is 0 Å². The Balaban J connectivity index is 2.90. The van der Waals surface area contributed by atoms with Crippen molar-refractivity contribution in [1.82, 2.24) is 4.90 Å². The van der Waals surface area contributed by atoms with Gasteiger partial charge in [-0.15, -0.1) is 0 Å². The van der Waals surface area contributed by atoms with Crippen LogP contribution < -0.4 is 5.73 Å². The number of nitrogens with zero attached hydrogens (tertiary/aromatic N) is 1. The number of hydrogen-bond acceptors (Lipinski definition) is 2. The first-order chi connectivity index (χ1) is 7.69. The van der Waals surface area contributed by atoms with Gasteiger partial charge < -0.3 is 5.73 Å². The molecule has 2 N–H and O–H groups in total. The second-order valence-corrected chi connectivity index (χ2v) is 4.34. The first kappa shape index (κ1) is 13.1. The molecule has 0 heterocycles. The molecular formula is C13H20N2S. The summed E-state index contributed by atoms with van der Waals surface area (Å²) in [4.78, 5) is 2.97. The molecule has 0 radical (unpaired) electrons. The van der Waals surface area contributed by atoms with E-state index in [1.807, 2.05) is 6.07 Å². The number of thiocarbonyl (C=S) groups is 1. The third-order valence-electron chi connectivity index (χ3n) is 2.83. The minimum absolute atomic E-state index is 0.314. The monoisotopic (exact) mass is 236 g/mol. The molecule has 1 atom stereocenters. The quantitative estimate of drug-likeness (QED) is 0.770. The molecule has 0 spiro atoms. The van der Waals surface area contributed by atoms with Crippen LogP contribution in [0.15, 0.2) is 30.3 Å². The standard InChI is InChI=1S/C13H20N2S/c1-3-15(4-2)12(10-13(14)16)11-8-6-5-7-9-11/h5-9,12H,3-4,10H2,1-2H3,(H2,14,16). The van der Waals surface area contributed by atoms with Crippen LogP contribution in [0, 0.1) is 0 Å². The third kappa shape index (κ3) is 3.58. The third-order valence-corrected chi connectivity index (χ3v) is 3.00. The van der Waals surface area contributed by atoms with Gasteiger partial charge in [0.1, 0.15) is 0 Å². The fourth-order valence-electron chi connectivity index (χ4n) is 1.99. The van der Waals surface area contributed by atoms with Gasteiger partial charge in [0.05, 0.1) is 4.99 Å². The summed E-state index contributed by atoms with van der Waals surface area (Å²) in [5.74, 6) is 0. The fraction of sp³-hybridized carbons (Fsp3) is 0.462. The SMILES string of the molecule is CCN(CC)C(CC(N)=S)c1ccccc1. The maximum atomic E-state index is 5.68. The molecule has 0 fully saturated rings. The molecule has 88 valence electrons. The van der Waals surface area contributed by atoms with Crippen LogP contribution in [0.1, 0.15) is 31.9 Å². The summed E-state index contributed by atoms with van der Waals surface area (Å²) in [7, 11) is 0. The van der Waals surface area contributed by atoms with Crippen LogP contribution in [-0.2, 0) is 0 Å². The predicted molar refractivity (Wildman–Crippen MR) is 73.5 cm³/mol. The summed E-state index contributed by atoms with van der Waals surface area (Å²) in [5, 5.41) is 0. The Labute approximate surface area is 103 Å². The average Bonchev–Trinajstić information content (AvgIpc) is 2.30. The number of benzene rings is 1. The van der Waals surface area contributed by atoms with Gasteiger partial charge in [0.15, 0.2) is 0 Å². The Morgan fingerprint density at radius 1 is 1.25 bits per heavy atom. The van der Waals surface area contributed by atoms with Gasteiger partial charge in [-0.25, -0.2) is 0 Å². The van der Waals surface area contributed by atoms with Crippen molar-refractivity contribution in [1.29, 1.82) is 0 Å². The predicted octanol–water partition coefficient (Wildman–Crippen LogP) is 2.75. The van der Waals surface area contributed by atoms with Gasteiger partial charge in [0, 0.05) is 12.5 Å². The van der Waals surface area contributed by atoms with E-state index in [0.29, 0.717) is 11.0 Å². The van der Waals surface area contributed by atoms with E-state index in [1.54, 1.807) is 0 Å². The zero-order valence-corrected chi connectivity index (χ0v) is 10.8. The van der Waals surface area contributed by atoms with Gasteiger partial charge in [0.2, 0.25) is 0 Å². The average molecular weight is 236 g/mol. The second-order valence-electron chi connectivity index (χ2n) is 3.82. The van der Waals surface area contributed by atoms with Gasteiger partial charge in [-0.05, 0) is 18.7 Å². The lowest BCUT2D eigenvalue weighted by Crippen LogP contribution is -2.31. The van der Waals surface area contributed by atoms with Crippen molar-refractivity contribution in [2.75, 3.05) is 13.1 Å². The maximum Gasteiger partial charge on any atom is 0.0746 e. The van der Waals surface area contributed by atoms with E-state index in [0.717, 1.165) is 19.5 Å². The maximum absolute atomic E-state index is 5.68. The lowest BCUT2D eigenvalue weighted by atomic mass is 10.0. The van der Waals surface area contributed by atoms with E-state index in [4.69, 9.17) is 18.0 Å². The lowest BCUT2D eigenvalue weighted by molar-refractivity contribution is 0.224. The molecule has 0 saturated heterocycles. The molecule has 0 aliphatic heterocycles. The highest BCUT2D eigenvalue weighted by Gasteiger charge is 2.18. The van der Waals surface area contributed by atoms with E-state index in [1.165, 1.54) is 5.56 Å². The van der Waals surface area contributed by atoms with Crippen LogP contribution in [-0.4, -0.2) is 23.0 Å². The zero-order valence-electron chi connectivity index (χ0n) is 10.0. The Morgan fingerprint density at radius 3 is 2.25 bits per heavy atom. The summed E-state index contributed by atoms with van der Waals surface area (Å²) in [6.45, 7) is 6.36. The highest BCUT2D eigenvalue weighted by Crippen LogP contribution is 2.23. The Hall–Kier alpha value is -0.930. The summed E-state index contributed by atoms with van der Waals surface area (Å²) < 4.78 is 0. The number of hydrogen-bond donors (Lipinski definition) is 1. The number of nitrogens with two attached hydrogens (primary N) is 1. The summed E-state index contributed by atoms with van der Waals surface area (Å²) in [6, 6.07) is 10.7. The normalized spacial score (nSPS) is 12.7. The molecule has 1 unspecified atom stereocenters. The van der Waals surface area contributed by atoms with Crippen molar-refractivity contribution in [3.05, 3.63) is 35.9 Å². The summed E-state index contributed by atoms with van der Waals surface area (Å²) >= 11 is 5.04. The largest absolute Gasteiger partial charge is 0.393 e. The van der Waals surface area contributed by atoms with E-state index in [9.17, 15) is 0 Å². The van der Waals surface area contributed by atoms with Crippen LogP contribution in [0.2, 0.25) is 0 Å². The molecule has 0 amide bonds. The Kier molecular flexibility index (Phi) is 5.43. The molecule has 0 bridgehead atoms. The molecule has 1 aromatic rings. The van der Waals surface area contributed by atoms with Gasteiger partial charge in [-0.2, -0.15) is 0 Å². The van der Waals surface area contributed by atoms with Gasteiger partial charge in [-0.1, -0.05) is 56.4 Å². The molecule has 0 saturated carbocycles. The van der Waals surface area contributed by atoms with Gasteiger partial charge in [0.25, 0.3) is 0 Å². The van der Waals surface area contributed by atoms with Crippen molar-refractivity contribution in [3.8, 4) is 0 Å². The highest BCUT2D eigenvalue weighted by molar-refractivity contribution is 7.80. The first-order valence-electron chi connectivity index (χ1n) is 5.76. The molecule has 1 rings (SSSR count). The molecule has 0 aromatic heterocycles. The Bertz CT molecular complexity index is 320. The minimum atomic E-state index is 0.314. The number of rotatable bonds is 6. The molecule has 2 nitrogen and oxygen atoms in total. The highest BCUT2D eigenvalue weighted by atomic mass is 32.1. The van der Waals surface area contributed by atoms with Crippen molar-refractivity contribution >= 4 is 17.2 Å². The van der Waals surface area contributed by atoms with Gasteiger partial charge in [-0.3, -0.25) is 4.90 Å². The summed E-state index contributed by atoms with van der Waals surface area (Å²) in [6.07, 6.45) is 0.751. The van der Waals surface area contributed by atoms with Crippen molar-refractivity contribution < 1.29 is 0 Å². The van der Waals surface area contributed by atoms with Crippen LogP contribution in [0.5, 0.6) is 0 Å². The van der Waals surface area contributed by atoms with Crippen molar-refractivity contribution in [2.24, 2.45) is 5.73 Å². The van der Waals surface area contributed by atoms with Crippen molar-refractivity contribution in [3.63, 3.8) is 0 Å². The lowest BCUT2D eigenvalue weighted by Gasteiger charge is -2.29. The minimum Gasteiger partial charge on any atom is -0.393 e. The Morgan fingerprint density at radius 2 is 1.81 bits per heavy atom. The van der Waals surface area contributed by atoms with Crippen LogP contribution in [0.4, 0.5) is 0 Å². The van der Waals surface area contributed by atoms with Crippen molar-refractivity contribution in [2.45, 2.75) is 26.3 Å². The van der Waals surface area contributed by atoms with E-state index in [2.05, 4.69) is 43.0 Å². The van der Waals surface area contributed by atoms with Crippen LogP contribution >= 0.6 is 12.2 Å². The van der Waals surface area contributed by atoms with Crippen LogP contribution in [0.3, 0.4) is 0 Å². The first-order valence-corrected chi connectivity index (χ1v) is 6.17. The van der Waals surface area contributed by atoms with E-state index < -0.39 is 0 Å². The molecule has 0 aliphatic carbocycles. The molecular weight excluding hydrogens is 216 g/mol. The zero-order chi connectivity index (χ0) is 12.0. The molecule has 16 heavy (non-hydrogen) atoms. The van der Waals surface area contributed by atoms with E-state index in [-0.39, 0.29) is 0 Å². The molecule has 0 aliphatic rings. The molecule has 1 aromatic carbocycles. The summed E-state index contributed by atoms with van der Waals surface area (Å²) in [5.41, 5.74) is 6.97. The van der Waals surface area contributed by atoms with Gasteiger partial charge >= 0.3 is 0 Å². The molecule has 3 heteroatoms. The smallest absolute Gasteiger partial charge is 0.0746 e. The van der Waals surface area contributed by atoms with Crippen LogP contribution in [0.25, 0.3) is 0 Å².